The molecule has 0 fully saturated rings. The molecule has 0 saturated heterocycles. The maximum atomic E-state index is 13.2. The van der Waals surface area contributed by atoms with Gasteiger partial charge in [-0.15, -0.1) is 11.3 Å². The number of carbonyl (C=O) groups excluding carboxylic acids is 1. The Bertz CT molecular complexity index is 1330. The number of carbonyl (C=O) groups is 1. The molecular weight excluding hydrogens is 515 g/mol. The number of halogens is 3. The fourth-order valence-electron chi connectivity index (χ4n) is 3.75. The highest BCUT2D eigenvalue weighted by Gasteiger charge is 2.27. The van der Waals surface area contributed by atoms with Crippen molar-refractivity contribution < 1.29 is 18.0 Å². The van der Waals surface area contributed by atoms with Gasteiger partial charge in [0, 0.05) is 29.4 Å². The van der Waals surface area contributed by atoms with Gasteiger partial charge in [0.25, 0.3) is 12.3 Å². The number of hydrogen-bond acceptors (Lipinski definition) is 6. The smallest absolute Gasteiger partial charge is 0.281 e. The quantitative estimate of drug-likeness (QED) is 0.303. The van der Waals surface area contributed by atoms with E-state index in [1.54, 1.807) is 23.7 Å². The number of benzene rings is 1. The fraction of sp³-hybridized carbons (Fsp3) is 0.423. The molecule has 1 aliphatic rings. The third kappa shape index (κ3) is 6.66. The number of hydrogen-bond donors (Lipinski definition) is 2. The van der Waals surface area contributed by atoms with Crippen LogP contribution in [0.25, 0.3) is 22.0 Å². The monoisotopic (exact) mass is 547 g/mol. The molecule has 204 valence electrons. The lowest BCUT2D eigenvalue weighted by Gasteiger charge is -2.23. The molecule has 0 aliphatic carbocycles. The normalized spacial score (nSPS) is 14.2. The Morgan fingerprint density at radius 2 is 1.89 bits per heavy atom. The van der Waals surface area contributed by atoms with E-state index in [0.29, 0.717) is 52.0 Å². The maximum absolute atomic E-state index is 13.2. The van der Waals surface area contributed by atoms with E-state index in [1.807, 2.05) is 13.8 Å². The summed E-state index contributed by atoms with van der Waals surface area (Å²) in [6.07, 6.45) is 1.09. The zero-order valence-corrected chi connectivity index (χ0v) is 22.9. The van der Waals surface area contributed by atoms with Crippen molar-refractivity contribution in [2.75, 3.05) is 0 Å². The Kier molecular flexibility index (Phi) is 10.2. The largest absolute Gasteiger partial charge is 0.347 e. The van der Waals surface area contributed by atoms with E-state index in [2.05, 4.69) is 44.4 Å². The highest BCUT2D eigenvalue weighted by molar-refractivity contribution is 7.15. The van der Waals surface area contributed by atoms with Gasteiger partial charge in [-0.3, -0.25) is 9.89 Å². The second-order valence-electron chi connectivity index (χ2n) is 8.37. The predicted molar refractivity (Wildman–Crippen MR) is 142 cm³/mol. The summed E-state index contributed by atoms with van der Waals surface area (Å²) < 4.78 is 41.2. The van der Waals surface area contributed by atoms with Gasteiger partial charge in [0.05, 0.1) is 11.8 Å². The summed E-state index contributed by atoms with van der Waals surface area (Å²) in [6, 6.07) is 5.76. The van der Waals surface area contributed by atoms with Gasteiger partial charge in [0.1, 0.15) is 28.0 Å². The zero-order valence-electron chi connectivity index (χ0n) is 22.1. The lowest BCUT2D eigenvalue weighted by molar-refractivity contribution is 0.0925. The first-order valence-corrected chi connectivity index (χ1v) is 13.4. The molecule has 3 aromatic heterocycles. The highest BCUT2D eigenvalue weighted by atomic mass is 32.1. The summed E-state index contributed by atoms with van der Waals surface area (Å²) in [4.78, 5) is 21.9. The summed E-state index contributed by atoms with van der Waals surface area (Å²) in [5.41, 5.74) is 0.975. The number of fused-ring (bicyclic) bond motifs is 1. The van der Waals surface area contributed by atoms with Gasteiger partial charge in [0.15, 0.2) is 5.82 Å². The molecule has 1 aromatic carbocycles. The van der Waals surface area contributed by atoms with Gasteiger partial charge in [0.2, 0.25) is 0 Å². The van der Waals surface area contributed by atoms with E-state index >= 15 is 0 Å². The van der Waals surface area contributed by atoms with Crippen LogP contribution in [0.15, 0.2) is 30.5 Å². The van der Waals surface area contributed by atoms with Crippen LogP contribution in [-0.4, -0.2) is 41.9 Å². The second-order valence-corrected chi connectivity index (χ2v) is 9.57. The molecule has 1 atom stereocenters. The Hall–Kier alpha value is -3.54. The lowest BCUT2D eigenvalue weighted by atomic mass is 10.1. The number of aryl methyl sites for hydroxylation is 2. The topological polar surface area (TPSA) is 101 Å². The Balaban J connectivity index is 0.000000748. The van der Waals surface area contributed by atoms with Crippen LogP contribution in [0.2, 0.25) is 0 Å². The van der Waals surface area contributed by atoms with Gasteiger partial charge < -0.3 is 5.32 Å². The number of rotatable bonds is 5. The number of alkyl halides is 2. The van der Waals surface area contributed by atoms with Crippen molar-refractivity contribution in [2.45, 2.75) is 72.9 Å². The minimum Gasteiger partial charge on any atom is -0.347 e. The van der Waals surface area contributed by atoms with Crippen LogP contribution in [0, 0.1) is 12.7 Å². The van der Waals surface area contributed by atoms with Crippen molar-refractivity contribution in [1.29, 1.82) is 0 Å². The van der Waals surface area contributed by atoms with E-state index in [0.717, 1.165) is 11.3 Å². The standard InChI is InChI=1S/C21H18F3N7OS.C3H8.C2H6/c1-10-16(18(23)24)28-21(33-10)14-9-25-29-17(14)20(32)26-13-6-7-31-15(8-13)27-19(30-31)11-2-4-12(22)5-3-11;1-3-2;1-2/h2-5,9,13,18H,6-8H2,1H3,(H,25,29)(H,26,32);3H2,1-2H3;1-2H3. The molecule has 2 N–H and O–H groups in total. The summed E-state index contributed by atoms with van der Waals surface area (Å²) in [5.74, 6) is 0.488. The molecule has 38 heavy (non-hydrogen) atoms. The number of aromatic nitrogens is 6. The molecule has 0 bridgehead atoms. The number of H-pyrrole nitrogens is 1. The lowest BCUT2D eigenvalue weighted by Crippen LogP contribution is -2.40. The van der Waals surface area contributed by atoms with Crippen LogP contribution in [0.1, 0.15) is 73.8 Å². The zero-order chi connectivity index (χ0) is 27.8. The number of amides is 1. The fourth-order valence-corrected chi connectivity index (χ4v) is 4.69. The van der Waals surface area contributed by atoms with Gasteiger partial charge >= 0.3 is 0 Å². The molecular formula is C26H32F3N7OS. The molecule has 12 heteroatoms. The molecule has 1 unspecified atom stereocenters. The van der Waals surface area contributed by atoms with Crippen molar-refractivity contribution in [2.24, 2.45) is 0 Å². The molecule has 1 aliphatic heterocycles. The number of aromatic amines is 1. The number of nitrogens with zero attached hydrogens (tertiary/aromatic N) is 5. The van der Waals surface area contributed by atoms with Crippen LogP contribution in [0.4, 0.5) is 13.2 Å². The van der Waals surface area contributed by atoms with Gasteiger partial charge in [-0.2, -0.15) is 10.2 Å². The molecule has 1 amide bonds. The van der Waals surface area contributed by atoms with Crippen LogP contribution >= 0.6 is 11.3 Å². The average molecular weight is 548 g/mol. The molecule has 5 rings (SSSR count). The van der Waals surface area contributed by atoms with Crippen LogP contribution in [-0.2, 0) is 13.0 Å². The summed E-state index contributed by atoms with van der Waals surface area (Å²) in [6.45, 7) is 10.4. The summed E-state index contributed by atoms with van der Waals surface area (Å²) >= 11 is 1.09. The maximum Gasteiger partial charge on any atom is 0.281 e. The predicted octanol–water partition coefficient (Wildman–Crippen LogP) is 6.36. The van der Waals surface area contributed by atoms with E-state index in [9.17, 15) is 18.0 Å². The van der Waals surface area contributed by atoms with Crippen molar-refractivity contribution >= 4 is 17.2 Å². The molecule has 0 saturated carbocycles. The van der Waals surface area contributed by atoms with Crippen LogP contribution < -0.4 is 5.32 Å². The first-order valence-electron chi connectivity index (χ1n) is 12.6. The molecule has 4 heterocycles. The van der Waals surface area contributed by atoms with Crippen LogP contribution in [0.5, 0.6) is 0 Å². The molecule has 8 nitrogen and oxygen atoms in total. The third-order valence-electron chi connectivity index (χ3n) is 5.44. The minimum absolute atomic E-state index is 0.170. The Labute approximate surface area is 223 Å². The van der Waals surface area contributed by atoms with Crippen molar-refractivity contribution in [3.8, 4) is 22.0 Å². The van der Waals surface area contributed by atoms with Gasteiger partial charge in [-0.25, -0.2) is 27.8 Å². The Morgan fingerprint density at radius 3 is 2.53 bits per heavy atom. The van der Waals surface area contributed by atoms with E-state index in [4.69, 9.17) is 0 Å². The third-order valence-corrected chi connectivity index (χ3v) is 6.46. The molecule has 0 spiro atoms. The highest BCUT2D eigenvalue weighted by Crippen LogP contribution is 2.33. The van der Waals surface area contributed by atoms with E-state index in [-0.39, 0.29) is 23.2 Å². The van der Waals surface area contributed by atoms with E-state index in [1.165, 1.54) is 24.8 Å². The summed E-state index contributed by atoms with van der Waals surface area (Å²) in [7, 11) is 0. The van der Waals surface area contributed by atoms with Gasteiger partial charge in [-0.1, -0.05) is 34.1 Å². The minimum atomic E-state index is -2.68. The van der Waals surface area contributed by atoms with Crippen molar-refractivity contribution in [1.82, 2.24) is 35.3 Å². The van der Waals surface area contributed by atoms with Crippen molar-refractivity contribution in [3.63, 3.8) is 0 Å². The second kappa shape index (κ2) is 13.3. The van der Waals surface area contributed by atoms with Crippen LogP contribution in [0.3, 0.4) is 0 Å². The SMILES string of the molecule is CC.CCC.Cc1sc(-c2cn[nH]c2C(=O)NC2CCn3nc(-c4ccc(F)cc4)nc3C2)nc1C(F)F. The van der Waals surface area contributed by atoms with Gasteiger partial charge in [-0.05, 0) is 37.6 Å². The number of nitrogens with one attached hydrogen (secondary N) is 2. The molecule has 0 radical (unpaired) electrons. The number of thiazole rings is 1. The first kappa shape index (κ1) is 29.0. The van der Waals surface area contributed by atoms with Crippen molar-refractivity contribution in [3.05, 3.63) is 58.4 Å². The Morgan fingerprint density at radius 1 is 1.21 bits per heavy atom. The molecule has 4 aromatic rings. The summed E-state index contributed by atoms with van der Waals surface area (Å²) in [5, 5.41) is 14.3. The van der Waals surface area contributed by atoms with E-state index < -0.39 is 12.3 Å². The average Bonchev–Trinajstić information content (AvgIpc) is 3.64. The first-order chi connectivity index (χ1) is 18.3.